The third kappa shape index (κ3) is 6.00. The molecule has 206 valence electrons. The van der Waals surface area contributed by atoms with Gasteiger partial charge in [0.15, 0.2) is 37.1 Å². The van der Waals surface area contributed by atoms with Gasteiger partial charge in [0.1, 0.15) is 11.5 Å². The summed E-state index contributed by atoms with van der Waals surface area (Å²) in [7, 11) is 0. The predicted octanol–water partition coefficient (Wildman–Crippen LogP) is 6.62. The van der Waals surface area contributed by atoms with E-state index < -0.39 is 22.4 Å². The molecule has 0 fully saturated rings. The van der Waals surface area contributed by atoms with Crippen molar-refractivity contribution in [2.45, 2.75) is 19.6 Å². The molecule has 0 bridgehead atoms. The Morgan fingerprint density at radius 3 is 1.00 bits per heavy atom. The van der Waals surface area contributed by atoms with E-state index in [0.29, 0.717) is 37.1 Å². The zero-order valence-corrected chi connectivity index (χ0v) is 23.6. The minimum Gasteiger partial charge on any atom is -0.606 e. The van der Waals surface area contributed by atoms with Gasteiger partial charge in [-0.2, -0.15) is 0 Å². The SMILES string of the molecule is [O-][S+](c1ccc(O)cc1)c1ccc(-c2nc(-c3ccccc3)nc(-c3ccc([S+]([O-])c4ccc(O)cc4)cc3)n2)cc1. The molecule has 5 aromatic carbocycles. The van der Waals surface area contributed by atoms with E-state index in [4.69, 9.17) is 15.0 Å². The van der Waals surface area contributed by atoms with E-state index in [1.807, 2.05) is 54.6 Å². The molecule has 6 rings (SSSR count). The molecule has 1 heterocycles. The number of aromatic nitrogens is 3. The van der Waals surface area contributed by atoms with Gasteiger partial charge in [-0.25, -0.2) is 15.0 Å². The van der Waals surface area contributed by atoms with Crippen LogP contribution in [0.1, 0.15) is 0 Å². The quantitative estimate of drug-likeness (QED) is 0.201. The third-order valence-corrected chi connectivity index (χ3v) is 9.22. The van der Waals surface area contributed by atoms with Crippen molar-refractivity contribution in [3.05, 3.63) is 127 Å². The first-order valence-corrected chi connectivity index (χ1v) is 15.2. The van der Waals surface area contributed by atoms with Crippen molar-refractivity contribution in [2.75, 3.05) is 0 Å². The Morgan fingerprint density at radius 2 is 0.667 bits per heavy atom. The summed E-state index contributed by atoms with van der Waals surface area (Å²) in [6, 6.07) is 36.6. The van der Waals surface area contributed by atoms with E-state index in [-0.39, 0.29) is 11.5 Å². The second-order valence-electron chi connectivity index (χ2n) is 9.25. The largest absolute Gasteiger partial charge is 0.606 e. The van der Waals surface area contributed by atoms with Gasteiger partial charge < -0.3 is 19.3 Å². The van der Waals surface area contributed by atoms with Gasteiger partial charge in [0, 0.05) is 39.0 Å². The van der Waals surface area contributed by atoms with Crippen LogP contribution >= 0.6 is 0 Å². The Balaban J connectivity index is 1.33. The number of nitrogens with zero attached hydrogens (tertiary/aromatic N) is 3. The number of benzene rings is 5. The van der Waals surface area contributed by atoms with Crippen LogP contribution < -0.4 is 0 Å². The molecule has 0 aliphatic carbocycles. The van der Waals surface area contributed by atoms with Crippen molar-refractivity contribution in [1.29, 1.82) is 0 Å². The van der Waals surface area contributed by atoms with Crippen molar-refractivity contribution in [2.24, 2.45) is 0 Å². The molecule has 7 nitrogen and oxygen atoms in total. The third-order valence-electron chi connectivity index (χ3n) is 6.42. The van der Waals surface area contributed by atoms with Crippen LogP contribution in [0.3, 0.4) is 0 Å². The van der Waals surface area contributed by atoms with Crippen LogP contribution in [0.25, 0.3) is 34.2 Å². The van der Waals surface area contributed by atoms with Crippen molar-refractivity contribution < 1.29 is 19.3 Å². The van der Waals surface area contributed by atoms with Crippen LogP contribution in [0, 0.1) is 0 Å². The lowest BCUT2D eigenvalue weighted by molar-refractivity contribution is 0.474. The standard InChI is InChI=1S/C33H23N3O4S2/c37-25-10-18-29(19-11-25)41(39)27-14-6-23(7-15-27)32-34-31(22-4-2-1-3-5-22)35-33(36-32)24-8-16-28(17-9-24)42(40)30-20-12-26(38)13-21-30/h1-21,37-38H. The minimum absolute atomic E-state index is 0.117. The normalized spacial score (nSPS) is 12.5. The van der Waals surface area contributed by atoms with Gasteiger partial charge in [-0.15, -0.1) is 0 Å². The lowest BCUT2D eigenvalue weighted by Gasteiger charge is -2.12. The maximum absolute atomic E-state index is 13.0. The highest BCUT2D eigenvalue weighted by Crippen LogP contribution is 2.29. The molecule has 6 aromatic rings. The van der Waals surface area contributed by atoms with Crippen molar-refractivity contribution in [1.82, 2.24) is 15.0 Å². The molecule has 0 saturated carbocycles. The lowest BCUT2D eigenvalue weighted by atomic mass is 10.1. The highest BCUT2D eigenvalue weighted by molar-refractivity contribution is 7.91. The van der Waals surface area contributed by atoms with Crippen LogP contribution in [-0.2, 0) is 22.4 Å². The monoisotopic (exact) mass is 589 g/mol. The Bertz CT molecular complexity index is 1690. The van der Waals surface area contributed by atoms with Gasteiger partial charge in [0.05, 0.1) is 0 Å². The average molecular weight is 590 g/mol. The maximum Gasteiger partial charge on any atom is 0.164 e. The molecule has 2 N–H and O–H groups in total. The summed E-state index contributed by atoms with van der Waals surface area (Å²) >= 11 is -2.82. The van der Waals surface area contributed by atoms with Crippen LogP contribution in [0.4, 0.5) is 0 Å². The Morgan fingerprint density at radius 1 is 0.381 bits per heavy atom. The topological polar surface area (TPSA) is 125 Å². The molecular weight excluding hydrogens is 567 g/mol. The van der Waals surface area contributed by atoms with Crippen LogP contribution in [0.5, 0.6) is 11.5 Å². The number of hydrogen-bond acceptors (Lipinski definition) is 7. The maximum atomic E-state index is 13.0. The van der Waals surface area contributed by atoms with Gasteiger partial charge >= 0.3 is 0 Å². The summed E-state index contributed by atoms with van der Waals surface area (Å²) in [5.74, 6) is 1.65. The zero-order chi connectivity index (χ0) is 29.1. The second kappa shape index (κ2) is 12.1. The first kappa shape index (κ1) is 27.5. The second-order valence-corrected chi connectivity index (χ2v) is 12.2. The zero-order valence-electron chi connectivity index (χ0n) is 22.0. The molecule has 2 atom stereocenters. The molecule has 2 unspecified atom stereocenters. The van der Waals surface area contributed by atoms with Gasteiger partial charge in [0.25, 0.3) is 0 Å². The number of rotatable bonds is 7. The number of phenols is 2. The molecule has 0 aliphatic rings. The van der Waals surface area contributed by atoms with E-state index >= 15 is 0 Å². The molecular formula is C33H23N3O4S2. The highest BCUT2D eigenvalue weighted by Gasteiger charge is 2.18. The Kier molecular flexibility index (Phi) is 7.89. The molecule has 0 amide bonds. The molecule has 0 aliphatic heterocycles. The summed E-state index contributed by atoms with van der Waals surface area (Å²) < 4.78 is 26.0. The minimum atomic E-state index is -1.41. The van der Waals surface area contributed by atoms with Crippen LogP contribution in [0.2, 0.25) is 0 Å². The van der Waals surface area contributed by atoms with Crippen molar-refractivity contribution in [3.8, 4) is 45.7 Å². The first-order valence-electron chi connectivity index (χ1n) is 12.9. The molecule has 42 heavy (non-hydrogen) atoms. The highest BCUT2D eigenvalue weighted by atomic mass is 32.2. The Labute approximate surface area is 248 Å². The first-order chi connectivity index (χ1) is 20.4. The van der Waals surface area contributed by atoms with Gasteiger partial charge in [-0.1, -0.05) is 30.3 Å². The summed E-state index contributed by atoms with van der Waals surface area (Å²) in [6.07, 6.45) is 0. The molecule has 0 saturated heterocycles. The number of aromatic hydroxyl groups is 2. The van der Waals surface area contributed by atoms with Gasteiger partial charge in [-0.3, -0.25) is 0 Å². The fraction of sp³-hybridized carbons (Fsp3) is 0. The van der Waals surface area contributed by atoms with Crippen molar-refractivity contribution in [3.63, 3.8) is 0 Å². The summed E-state index contributed by atoms with van der Waals surface area (Å²) in [4.78, 5) is 16.6. The fourth-order valence-corrected chi connectivity index (χ4v) is 6.29. The predicted molar refractivity (Wildman–Crippen MR) is 162 cm³/mol. The van der Waals surface area contributed by atoms with Crippen molar-refractivity contribution >= 4 is 22.4 Å². The van der Waals surface area contributed by atoms with E-state index in [1.54, 1.807) is 48.5 Å². The van der Waals surface area contributed by atoms with E-state index in [9.17, 15) is 19.3 Å². The number of phenolic OH excluding ortho intramolecular Hbond substituents is 2. The van der Waals surface area contributed by atoms with E-state index in [1.165, 1.54) is 24.3 Å². The van der Waals surface area contributed by atoms with E-state index in [2.05, 4.69) is 0 Å². The Hall–Kier alpha value is -4.67. The van der Waals surface area contributed by atoms with Gasteiger partial charge in [0.2, 0.25) is 0 Å². The van der Waals surface area contributed by atoms with Crippen LogP contribution in [-0.4, -0.2) is 34.3 Å². The lowest BCUT2D eigenvalue weighted by Crippen LogP contribution is -2.03. The average Bonchev–Trinajstić information content (AvgIpc) is 3.05. The van der Waals surface area contributed by atoms with E-state index in [0.717, 1.165) is 16.7 Å². The summed E-state index contributed by atoms with van der Waals surface area (Å²) in [5.41, 5.74) is 2.29. The van der Waals surface area contributed by atoms with Gasteiger partial charge in [-0.05, 0) is 97.1 Å². The summed E-state index contributed by atoms with van der Waals surface area (Å²) in [6.45, 7) is 0. The molecule has 1 aromatic heterocycles. The molecule has 9 heteroatoms. The smallest absolute Gasteiger partial charge is 0.164 e. The molecule has 0 spiro atoms. The fourth-order valence-electron chi connectivity index (χ4n) is 4.22. The van der Waals surface area contributed by atoms with Crippen LogP contribution in [0.15, 0.2) is 147 Å². The molecule has 0 radical (unpaired) electrons. The summed E-state index contributed by atoms with van der Waals surface area (Å²) in [5, 5.41) is 19.1. The number of hydrogen-bond donors (Lipinski definition) is 2.